The highest BCUT2D eigenvalue weighted by Gasteiger charge is 2.51. The van der Waals surface area contributed by atoms with Crippen LogP contribution in [-0.2, 0) is 18.4 Å². The minimum atomic E-state index is -5.09. The highest BCUT2D eigenvalue weighted by Crippen LogP contribution is 2.47. The molecule has 1 amide bonds. The lowest BCUT2D eigenvalue weighted by Crippen LogP contribution is -2.64. The van der Waals surface area contributed by atoms with Crippen LogP contribution in [0, 0.1) is 0 Å². The lowest BCUT2D eigenvalue weighted by Gasteiger charge is -2.41. The lowest BCUT2D eigenvalue weighted by atomic mass is 9.85. The predicted octanol–water partition coefficient (Wildman–Crippen LogP) is 3.75. The molecule has 8 atom stereocenters. The molecule has 0 aromatic carbocycles. The van der Waals surface area contributed by atoms with Crippen LogP contribution in [0.25, 0.3) is 0 Å². The maximum atomic E-state index is 12.8. The third-order valence-corrected chi connectivity index (χ3v) is 10.2. The molecule has 8 unspecified atom stereocenters. The third-order valence-electron chi connectivity index (χ3n) is 9.22. The zero-order valence-electron chi connectivity index (χ0n) is 29.4. The predicted molar refractivity (Wildman–Crippen MR) is 183 cm³/mol. The number of aliphatic hydroxyl groups is 7. The molecule has 1 rings (SSSR count). The van der Waals surface area contributed by atoms with Gasteiger partial charge in [-0.05, 0) is 12.8 Å². The molecule has 0 spiro atoms. The van der Waals surface area contributed by atoms with E-state index in [2.05, 4.69) is 19.2 Å². The van der Waals surface area contributed by atoms with E-state index < -0.39 is 75.2 Å². The van der Waals surface area contributed by atoms with Gasteiger partial charge in [0.1, 0.15) is 36.6 Å². The minimum Gasteiger partial charge on any atom is -0.393 e. The van der Waals surface area contributed by atoms with E-state index in [1.54, 1.807) is 0 Å². The molecule has 0 heterocycles. The zero-order chi connectivity index (χ0) is 36.0. The van der Waals surface area contributed by atoms with Crippen LogP contribution in [0.4, 0.5) is 0 Å². The fraction of sp³-hybridized carbons (Fsp3) is 0.971. The highest BCUT2D eigenvalue weighted by molar-refractivity contribution is 7.47. The maximum Gasteiger partial charge on any atom is 0.472 e. The summed E-state index contributed by atoms with van der Waals surface area (Å²) >= 11 is 0. The van der Waals surface area contributed by atoms with Crippen LogP contribution >= 0.6 is 7.82 Å². The number of hydrogen-bond donors (Lipinski definition) is 9. The fourth-order valence-electron chi connectivity index (χ4n) is 6.07. The molecule has 0 aliphatic heterocycles. The van der Waals surface area contributed by atoms with Crippen molar-refractivity contribution in [2.45, 2.75) is 204 Å². The van der Waals surface area contributed by atoms with Gasteiger partial charge < -0.3 is 46.0 Å². The van der Waals surface area contributed by atoms with Gasteiger partial charge in [0.15, 0.2) is 0 Å². The number of unbranched alkanes of at least 4 members (excludes halogenated alkanes) is 16. The molecule has 14 heteroatoms. The first-order valence-electron chi connectivity index (χ1n) is 18.6. The van der Waals surface area contributed by atoms with Crippen molar-refractivity contribution in [1.29, 1.82) is 0 Å². The van der Waals surface area contributed by atoms with E-state index in [1.165, 1.54) is 57.8 Å². The second kappa shape index (κ2) is 26.1. The summed E-state index contributed by atoms with van der Waals surface area (Å²) in [5.41, 5.74) is 0. The first kappa shape index (κ1) is 45.3. The van der Waals surface area contributed by atoms with Crippen molar-refractivity contribution >= 4 is 13.7 Å². The van der Waals surface area contributed by atoms with Gasteiger partial charge in [-0.2, -0.15) is 0 Å². The third kappa shape index (κ3) is 19.1. The molecule has 9 N–H and O–H groups in total. The number of carbonyl (C=O) groups is 1. The Balaban J connectivity index is 2.64. The van der Waals surface area contributed by atoms with E-state index in [4.69, 9.17) is 9.05 Å². The lowest BCUT2D eigenvalue weighted by molar-refractivity contribution is -0.220. The van der Waals surface area contributed by atoms with Crippen molar-refractivity contribution in [3.05, 3.63) is 0 Å². The number of carbonyl (C=O) groups excluding carboxylic acids is 1. The Kier molecular flexibility index (Phi) is 24.7. The average molecular weight is 714 g/mol. The number of nitrogens with one attached hydrogen (secondary N) is 1. The smallest absolute Gasteiger partial charge is 0.393 e. The molecular formula is C34H68NO12P. The van der Waals surface area contributed by atoms with Crippen molar-refractivity contribution in [2.75, 3.05) is 6.61 Å². The Morgan fingerprint density at radius 2 is 1.04 bits per heavy atom. The number of phosphoric ester groups is 1. The summed E-state index contributed by atoms with van der Waals surface area (Å²) in [6, 6.07) is -1.14. The monoisotopic (exact) mass is 713 g/mol. The Hall–Kier alpha value is -0.700. The SMILES string of the molecule is CCCCCCCCCCCCC(O)CC(=O)NC(COP(=O)(O)OC1C(O)C(O)C(O)C(O)C1O)C(O)CCCCCCCCCC. The summed E-state index contributed by atoms with van der Waals surface area (Å²) in [6.07, 6.45) is 6.37. The van der Waals surface area contributed by atoms with Crippen LogP contribution in [0.3, 0.4) is 0 Å². The van der Waals surface area contributed by atoms with Crippen molar-refractivity contribution in [2.24, 2.45) is 0 Å². The van der Waals surface area contributed by atoms with E-state index in [0.717, 1.165) is 51.4 Å². The molecule has 48 heavy (non-hydrogen) atoms. The normalized spacial score (nSPS) is 26.1. The Morgan fingerprint density at radius 1 is 0.646 bits per heavy atom. The second-order valence-corrected chi connectivity index (χ2v) is 15.0. The Bertz CT molecular complexity index is 854. The molecule has 0 saturated heterocycles. The second-order valence-electron chi connectivity index (χ2n) is 13.6. The van der Waals surface area contributed by atoms with Crippen LogP contribution in [0.5, 0.6) is 0 Å². The maximum absolute atomic E-state index is 12.8. The number of rotatable bonds is 29. The summed E-state index contributed by atoms with van der Waals surface area (Å²) in [7, 11) is -5.09. The van der Waals surface area contributed by atoms with E-state index in [0.29, 0.717) is 12.8 Å². The molecule has 286 valence electrons. The first-order valence-corrected chi connectivity index (χ1v) is 20.1. The summed E-state index contributed by atoms with van der Waals surface area (Å²) in [6.45, 7) is 3.68. The number of hydrogen-bond acceptors (Lipinski definition) is 11. The van der Waals surface area contributed by atoms with E-state index in [-0.39, 0.29) is 12.8 Å². The topological polar surface area (TPSA) is 226 Å². The van der Waals surface area contributed by atoms with Crippen LogP contribution < -0.4 is 5.32 Å². The van der Waals surface area contributed by atoms with Gasteiger partial charge >= 0.3 is 7.82 Å². The van der Waals surface area contributed by atoms with E-state index in [9.17, 15) is 50.0 Å². The standard InChI is InChI=1S/C34H68NO12P/c1-3-5-7-9-11-13-14-15-17-19-21-25(36)23-28(38)35-26(27(37)22-20-18-16-12-10-8-6-4-2)24-46-48(44,45)47-34-32(42)30(40)29(39)31(41)33(34)43/h25-27,29-34,36-37,39-43H,3-24H2,1-2H3,(H,35,38)(H,44,45). The summed E-state index contributed by atoms with van der Waals surface area (Å²) in [5, 5.41) is 73.9. The van der Waals surface area contributed by atoms with Crippen LogP contribution in [0.15, 0.2) is 0 Å². The van der Waals surface area contributed by atoms with Gasteiger partial charge in [0.2, 0.25) is 5.91 Å². The highest BCUT2D eigenvalue weighted by atomic mass is 31.2. The van der Waals surface area contributed by atoms with E-state index >= 15 is 0 Å². The van der Waals surface area contributed by atoms with Gasteiger partial charge in [0, 0.05) is 0 Å². The van der Waals surface area contributed by atoms with Crippen LogP contribution in [0.2, 0.25) is 0 Å². The molecule has 1 aliphatic rings. The van der Waals surface area contributed by atoms with Crippen LogP contribution in [-0.4, -0.2) is 108 Å². The van der Waals surface area contributed by atoms with Crippen molar-refractivity contribution in [1.82, 2.24) is 5.32 Å². The molecule has 1 saturated carbocycles. The van der Waals surface area contributed by atoms with Crippen molar-refractivity contribution < 1.29 is 59.0 Å². The van der Waals surface area contributed by atoms with Gasteiger partial charge in [-0.15, -0.1) is 0 Å². The molecule has 0 aromatic heterocycles. The molecule has 0 aromatic rings. The summed E-state index contributed by atoms with van der Waals surface area (Å²) in [5.74, 6) is -0.565. The number of aliphatic hydroxyl groups excluding tert-OH is 7. The Labute approximate surface area is 288 Å². The molecule has 1 aliphatic carbocycles. The van der Waals surface area contributed by atoms with Gasteiger partial charge in [-0.25, -0.2) is 4.57 Å². The average Bonchev–Trinajstić information content (AvgIpc) is 3.05. The molecule has 0 bridgehead atoms. The fourth-order valence-corrected chi connectivity index (χ4v) is 7.03. The van der Waals surface area contributed by atoms with E-state index in [1.807, 2.05) is 0 Å². The Morgan fingerprint density at radius 3 is 1.50 bits per heavy atom. The van der Waals surface area contributed by atoms with Crippen molar-refractivity contribution in [3.63, 3.8) is 0 Å². The summed E-state index contributed by atoms with van der Waals surface area (Å²) in [4.78, 5) is 23.2. The molecular weight excluding hydrogens is 645 g/mol. The summed E-state index contributed by atoms with van der Waals surface area (Å²) < 4.78 is 22.7. The largest absolute Gasteiger partial charge is 0.472 e. The minimum absolute atomic E-state index is 0.218. The first-order chi connectivity index (χ1) is 22.8. The molecule has 1 fully saturated rings. The number of phosphoric acid groups is 1. The molecule has 13 nitrogen and oxygen atoms in total. The van der Waals surface area contributed by atoms with Gasteiger partial charge in [-0.1, -0.05) is 129 Å². The quantitative estimate of drug-likeness (QED) is 0.0399. The zero-order valence-corrected chi connectivity index (χ0v) is 30.3. The van der Waals surface area contributed by atoms with Gasteiger partial charge in [0.25, 0.3) is 0 Å². The van der Waals surface area contributed by atoms with Gasteiger partial charge in [-0.3, -0.25) is 13.8 Å². The molecule has 0 radical (unpaired) electrons. The van der Waals surface area contributed by atoms with Crippen molar-refractivity contribution in [3.8, 4) is 0 Å². The van der Waals surface area contributed by atoms with Gasteiger partial charge in [0.05, 0.1) is 31.3 Å². The van der Waals surface area contributed by atoms with Crippen LogP contribution in [0.1, 0.15) is 149 Å². The number of amides is 1.